The lowest BCUT2D eigenvalue weighted by Crippen LogP contribution is -2.35. The number of likely N-dealkylation sites (tertiary alicyclic amines) is 1. The molecule has 0 atom stereocenters. The Hall–Kier alpha value is -2.18. The second kappa shape index (κ2) is 8.47. The summed E-state index contributed by atoms with van der Waals surface area (Å²) in [4.78, 5) is 19.1. The number of pyridine rings is 1. The third kappa shape index (κ3) is 4.51. The molecular weight excluding hydrogens is 357 g/mol. The Morgan fingerprint density at radius 3 is 2.77 bits per heavy atom. The lowest BCUT2D eigenvalue weighted by Gasteiger charge is -2.28. The fourth-order valence-electron chi connectivity index (χ4n) is 2.94. The van der Waals surface area contributed by atoms with E-state index in [1.165, 1.54) is 6.07 Å². The molecule has 0 aliphatic carbocycles. The molecule has 1 saturated heterocycles. The summed E-state index contributed by atoms with van der Waals surface area (Å²) in [5.74, 6) is 0.305. The van der Waals surface area contributed by atoms with Gasteiger partial charge in [0.1, 0.15) is 18.6 Å². The first-order chi connectivity index (χ1) is 12.6. The van der Waals surface area contributed by atoms with Crippen LogP contribution in [-0.2, 0) is 6.67 Å². The molecule has 1 N–H and O–H groups in total. The van der Waals surface area contributed by atoms with E-state index in [9.17, 15) is 9.18 Å². The van der Waals surface area contributed by atoms with Crippen LogP contribution in [0.2, 0.25) is 5.02 Å². The quantitative estimate of drug-likeness (QED) is 0.857. The van der Waals surface area contributed by atoms with Gasteiger partial charge in [-0.2, -0.15) is 4.98 Å². The van der Waals surface area contributed by atoms with E-state index in [1.807, 2.05) is 0 Å². The van der Waals surface area contributed by atoms with E-state index in [4.69, 9.17) is 16.3 Å². The van der Waals surface area contributed by atoms with Crippen molar-refractivity contribution in [2.75, 3.05) is 25.5 Å². The molecule has 0 bridgehead atoms. The highest BCUT2D eigenvalue weighted by Crippen LogP contribution is 2.23. The first-order valence-corrected chi connectivity index (χ1v) is 8.91. The van der Waals surface area contributed by atoms with Crippen molar-refractivity contribution < 1.29 is 13.9 Å². The minimum atomic E-state index is -0.768. The summed E-state index contributed by atoms with van der Waals surface area (Å²) in [5, 5.41) is 2.87. The highest BCUT2D eigenvalue weighted by molar-refractivity contribution is 6.34. The first kappa shape index (κ1) is 18.6. The molecule has 1 amide bonds. The number of hydrogen-bond donors (Lipinski definition) is 1. The van der Waals surface area contributed by atoms with Crippen LogP contribution >= 0.6 is 11.6 Å². The molecule has 0 radical (unpaired) electrons. The highest BCUT2D eigenvalue weighted by atomic mass is 35.5. The van der Waals surface area contributed by atoms with Gasteiger partial charge in [0.25, 0.3) is 5.91 Å². The number of benzene rings is 1. The number of ether oxygens (including phenoxy) is 1. The molecule has 0 spiro atoms. The normalized spacial score (nSPS) is 15.7. The summed E-state index contributed by atoms with van der Waals surface area (Å²) in [6, 6.07) is 9.89. The van der Waals surface area contributed by atoms with Gasteiger partial charge >= 0.3 is 0 Å². The van der Waals surface area contributed by atoms with Gasteiger partial charge in [-0.25, -0.2) is 4.39 Å². The molecule has 1 aromatic heterocycles. The summed E-state index contributed by atoms with van der Waals surface area (Å²) >= 11 is 6.06. The molecule has 7 heteroatoms. The van der Waals surface area contributed by atoms with Crippen LogP contribution in [-0.4, -0.2) is 42.0 Å². The number of hydrogen-bond acceptors (Lipinski definition) is 4. The molecule has 5 nitrogen and oxygen atoms in total. The largest absolute Gasteiger partial charge is 0.474 e. The van der Waals surface area contributed by atoms with Gasteiger partial charge in [-0.3, -0.25) is 4.79 Å². The molecule has 3 rings (SSSR count). The van der Waals surface area contributed by atoms with Crippen molar-refractivity contribution in [1.82, 2.24) is 9.88 Å². The molecule has 1 aromatic carbocycles. The monoisotopic (exact) mass is 377 g/mol. The number of aromatic nitrogens is 1. The average Bonchev–Trinajstić information content (AvgIpc) is 2.63. The minimum Gasteiger partial charge on any atom is -0.474 e. The van der Waals surface area contributed by atoms with Gasteiger partial charge < -0.3 is 15.0 Å². The van der Waals surface area contributed by atoms with Crippen LogP contribution in [0.25, 0.3) is 0 Å². The van der Waals surface area contributed by atoms with Gasteiger partial charge in [-0.05, 0) is 37.6 Å². The smallest absolute Gasteiger partial charge is 0.258 e. The van der Waals surface area contributed by atoms with Gasteiger partial charge in [0.05, 0.1) is 10.6 Å². The highest BCUT2D eigenvalue weighted by Gasteiger charge is 2.19. The predicted octanol–water partition coefficient (Wildman–Crippen LogP) is 3.93. The lowest BCUT2D eigenvalue weighted by molar-refractivity contribution is 0.102. The lowest BCUT2D eigenvalue weighted by atomic mass is 10.1. The van der Waals surface area contributed by atoms with Crippen molar-refractivity contribution in [2.24, 2.45) is 0 Å². The van der Waals surface area contributed by atoms with Gasteiger partial charge in [0, 0.05) is 19.2 Å². The van der Waals surface area contributed by atoms with Gasteiger partial charge in [-0.1, -0.05) is 29.8 Å². The molecule has 1 aliphatic heterocycles. The zero-order valence-electron chi connectivity index (χ0n) is 14.5. The summed E-state index contributed by atoms with van der Waals surface area (Å²) in [6.07, 6.45) is 1.99. The SMILES string of the molecule is CN1CCC(Oc2cccc(NC(=O)c3c(Cl)cccc3CF)n2)CC1. The summed E-state index contributed by atoms with van der Waals surface area (Å²) in [5.41, 5.74) is 0.369. The zero-order chi connectivity index (χ0) is 18.5. The van der Waals surface area contributed by atoms with Crippen molar-refractivity contribution >= 4 is 23.3 Å². The Balaban J connectivity index is 1.70. The molecule has 138 valence electrons. The molecule has 0 unspecified atom stereocenters. The van der Waals surface area contributed by atoms with E-state index >= 15 is 0 Å². The number of nitrogens with one attached hydrogen (secondary N) is 1. The van der Waals surface area contributed by atoms with E-state index in [0.717, 1.165) is 25.9 Å². The second-order valence-corrected chi connectivity index (χ2v) is 6.75. The van der Waals surface area contributed by atoms with Crippen LogP contribution in [0.15, 0.2) is 36.4 Å². The van der Waals surface area contributed by atoms with Crippen molar-refractivity contribution in [2.45, 2.75) is 25.6 Å². The Kier molecular flexibility index (Phi) is 6.06. The average molecular weight is 378 g/mol. The van der Waals surface area contributed by atoms with Crippen LogP contribution in [0, 0.1) is 0 Å². The van der Waals surface area contributed by atoms with Crippen LogP contribution in [0.1, 0.15) is 28.8 Å². The van der Waals surface area contributed by atoms with Gasteiger partial charge in [0.15, 0.2) is 0 Å². The molecule has 1 aliphatic rings. The predicted molar refractivity (Wildman–Crippen MR) is 99.6 cm³/mol. The number of nitrogens with zero attached hydrogens (tertiary/aromatic N) is 2. The minimum absolute atomic E-state index is 0.117. The number of piperidine rings is 1. The molecule has 26 heavy (non-hydrogen) atoms. The molecule has 0 saturated carbocycles. The van der Waals surface area contributed by atoms with E-state index < -0.39 is 12.6 Å². The van der Waals surface area contributed by atoms with Crippen LogP contribution in [0.3, 0.4) is 0 Å². The number of carbonyl (C=O) groups is 1. The zero-order valence-corrected chi connectivity index (χ0v) is 15.3. The van der Waals surface area contributed by atoms with Crippen LogP contribution in [0.5, 0.6) is 5.88 Å². The number of alkyl halides is 1. The standard InChI is InChI=1S/C19H21ClFN3O2/c1-24-10-8-14(9-11-24)26-17-7-3-6-16(22-17)23-19(25)18-13(12-21)4-2-5-15(18)20/h2-7,14H,8-12H2,1H3,(H,22,23,25). The number of amides is 1. The molecule has 2 aromatic rings. The third-order valence-electron chi connectivity index (χ3n) is 4.39. The Labute approximate surface area is 157 Å². The van der Waals surface area contributed by atoms with Gasteiger partial charge in [0.2, 0.25) is 5.88 Å². The number of rotatable bonds is 5. The maximum absolute atomic E-state index is 13.1. The van der Waals surface area contributed by atoms with Crippen molar-refractivity contribution in [3.05, 3.63) is 52.5 Å². The maximum Gasteiger partial charge on any atom is 0.258 e. The summed E-state index contributed by atoms with van der Waals surface area (Å²) < 4.78 is 19.1. The summed E-state index contributed by atoms with van der Waals surface area (Å²) in [7, 11) is 2.09. The topological polar surface area (TPSA) is 54.5 Å². The van der Waals surface area contributed by atoms with Crippen molar-refractivity contribution in [3.63, 3.8) is 0 Å². The maximum atomic E-state index is 13.1. The number of halogens is 2. The molecule has 2 heterocycles. The Morgan fingerprint density at radius 1 is 1.31 bits per heavy atom. The van der Waals surface area contributed by atoms with E-state index in [2.05, 4.69) is 22.2 Å². The van der Waals surface area contributed by atoms with Crippen LogP contribution < -0.4 is 10.1 Å². The number of carbonyl (C=O) groups excluding carboxylic acids is 1. The van der Waals surface area contributed by atoms with Crippen molar-refractivity contribution in [3.8, 4) is 5.88 Å². The second-order valence-electron chi connectivity index (χ2n) is 6.34. The van der Waals surface area contributed by atoms with E-state index in [0.29, 0.717) is 11.7 Å². The van der Waals surface area contributed by atoms with E-state index in [-0.39, 0.29) is 22.3 Å². The first-order valence-electron chi connectivity index (χ1n) is 8.54. The Bertz CT molecular complexity index is 779. The molecule has 1 fully saturated rings. The molecular formula is C19H21ClFN3O2. The van der Waals surface area contributed by atoms with Gasteiger partial charge in [-0.15, -0.1) is 0 Å². The number of anilines is 1. The fourth-order valence-corrected chi connectivity index (χ4v) is 3.22. The van der Waals surface area contributed by atoms with Crippen LogP contribution in [0.4, 0.5) is 10.2 Å². The van der Waals surface area contributed by atoms with Crippen molar-refractivity contribution in [1.29, 1.82) is 0 Å². The summed E-state index contributed by atoms with van der Waals surface area (Å²) in [6.45, 7) is 1.20. The Morgan fingerprint density at radius 2 is 2.04 bits per heavy atom. The fraction of sp³-hybridized carbons (Fsp3) is 0.368. The third-order valence-corrected chi connectivity index (χ3v) is 4.70. The van der Waals surface area contributed by atoms with E-state index in [1.54, 1.807) is 30.3 Å².